The van der Waals surface area contributed by atoms with Gasteiger partial charge in [0.15, 0.2) is 16.6 Å². The Labute approximate surface area is 237 Å². The van der Waals surface area contributed by atoms with Gasteiger partial charge in [0, 0.05) is 12.0 Å². The van der Waals surface area contributed by atoms with Crippen LogP contribution < -0.4 is 0 Å². The summed E-state index contributed by atoms with van der Waals surface area (Å²) in [6, 6.07) is 3.53. The summed E-state index contributed by atoms with van der Waals surface area (Å²) in [5, 5.41) is 9.09. The van der Waals surface area contributed by atoms with Crippen molar-refractivity contribution in [1.29, 1.82) is 0 Å². The Balaban J connectivity index is 3.01. The summed E-state index contributed by atoms with van der Waals surface area (Å²) < 4.78 is 14.0. The molecule has 0 radical (unpaired) electrons. The van der Waals surface area contributed by atoms with Crippen molar-refractivity contribution in [2.75, 3.05) is 0 Å². The monoisotopic (exact) mass is 564 g/mol. The van der Waals surface area contributed by atoms with Gasteiger partial charge in [-0.3, -0.25) is 4.79 Å². The summed E-state index contributed by atoms with van der Waals surface area (Å²) in [7, 11) is -3.52. The van der Waals surface area contributed by atoms with E-state index in [0.717, 1.165) is 38.5 Å². The third-order valence-corrected chi connectivity index (χ3v) is 18.4. The summed E-state index contributed by atoms with van der Waals surface area (Å²) in [5.41, 5.74) is 4.63. The van der Waals surface area contributed by atoms with Crippen LogP contribution in [-0.2, 0) is 13.6 Å². The van der Waals surface area contributed by atoms with E-state index in [9.17, 15) is 4.79 Å². The van der Waals surface area contributed by atoms with Crippen molar-refractivity contribution in [3.63, 3.8) is 0 Å². The lowest BCUT2D eigenvalue weighted by Crippen LogP contribution is -2.44. The van der Waals surface area contributed by atoms with Crippen molar-refractivity contribution >= 4 is 22.6 Å². The van der Waals surface area contributed by atoms with E-state index in [1.165, 1.54) is 37.4 Å². The first-order valence-electron chi connectivity index (χ1n) is 15.5. The number of unbranched alkanes of at least 4 members (excludes halogenated alkanes) is 2. The van der Waals surface area contributed by atoms with Crippen molar-refractivity contribution in [2.45, 2.75) is 161 Å². The van der Waals surface area contributed by atoms with Crippen LogP contribution in [0.3, 0.4) is 0 Å². The van der Waals surface area contributed by atoms with Gasteiger partial charge in [0.2, 0.25) is 0 Å². The molecule has 38 heavy (non-hydrogen) atoms. The first-order valence-corrected chi connectivity index (χ1v) is 20.9. The van der Waals surface area contributed by atoms with Crippen LogP contribution in [0.5, 0.6) is 0 Å². The van der Waals surface area contributed by atoms with E-state index in [2.05, 4.69) is 73.4 Å². The highest BCUT2D eigenvalue weighted by Crippen LogP contribution is 2.41. The Kier molecular flexibility index (Phi) is 15.7. The highest BCUT2D eigenvalue weighted by atomic mass is 28.4. The summed E-state index contributed by atoms with van der Waals surface area (Å²) in [4.78, 5) is 10.8. The summed E-state index contributed by atoms with van der Waals surface area (Å²) in [5.74, 6) is -0.373. The third kappa shape index (κ3) is 11.7. The molecule has 1 rings (SSSR count). The smallest absolute Gasteiger partial charge is 0.307 e. The molecule has 0 heterocycles. The van der Waals surface area contributed by atoms with E-state index in [1.807, 2.05) is 6.08 Å². The zero-order valence-electron chi connectivity index (χ0n) is 26.3. The Hall–Kier alpha value is -0.916. The quantitative estimate of drug-likeness (QED) is 0.0734. The predicted molar refractivity (Wildman–Crippen MR) is 168 cm³/mol. The van der Waals surface area contributed by atoms with E-state index in [0.29, 0.717) is 12.0 Å². The lowest BCUT2D eigenvalue weighted by Gasteiger charge is -2.39. The molecule has 0 aromatic rings. The maximum absolute atomic E-state index is 10.8. The lowest BCUT2D eigenvalue weighted by atomic mass is 9.90. The zero-order chi connectivity index (χ0) is 28.8. The van der Waals surface area contributed by atoms with Crippen molar-refractivity contribution in [3.05, 3.63) is 29.5 Å². The van der Waals surface area contributed by atoms with Gasteiger partial charge in [0.05, 0.1) is 12.5 Å². The molecule has 0 fully saturated rings. The molecule has 3 atom stereocenters. The van der Waals surface area contributed by atoms with Crippen LogP contribution in [0.25, 0.3) is 0 Å². The second kappa shape index (κ2) is 17.0. The minimum absolute atomic E-state index is 0.0298. The van der Waals surface area contributed by atoms with Gasteiger partial charge >= 0.3 is 5.97 Å². The molecule has 1 N–H and O–H groups in total. The van der Waals surface area contributed by atoms with Crippen molar-refractivity contribution in [1.82, 2.24) is 0 Å². The lowest BCUT2D eigenvalue weighted by molar-refractivity contribution is -0.136. The molecule has 0 saturated heterocycles. The molecule has 4 nitrogen and oxygen atoms in total. The molecule has 0 spiro atoms. The van der Waals surface area contributed by atoms with Gasteiger partial charge in [-0.15, -0.1) is 5.73 Å². The van der Waals surface area contributed by atoms with Gasteiger partial charge < -0.3 is 14.0 Å². The van der Waals surface area contributed by atoms with Gasteiger partial charge in [0.1, 0.15) is 0 Å². The van der Waals surface area contributed by atoms with E-state index >= 15 is 0 Å². The number of carbonyl (C=O) groups is 1. The average molecular weight is 565 g/mol. The molecule has 6 heteroatoms. The van der Waals surface area contributed by atoms with Crippen LogP contribution in [0, 0.1) is 5.92 Å². The topological polar surface area (TPSA) is 55.8 Å². The Morgan fingerprint density at radius 3 is 2.32 bits per heavy atom. The minimum atomic E-state index is -1.82. The Morgan fingerprint density at radius 2 is 1.76 bits per heavy atom. The highest BCUT2D eigenvalue weighted by Gasteiger charge is 2.40. The number of aliphatic carboxylic acids is 1. The largest absolute Gasteiger partial charge is 0.481 e. The van der Waals surface area contributed by atoms with Crippen molar-refractivity contribution in [3.8, 4) is 0 Å². The second-order valence-electron chi connectivity index (χ2n) is 12.8. The standard InChI is InChI=1S/C32H60O4Si2/c1-10-14-17-20-28(35-37(8,9)32(5,6)7)25-23-27-24-26-30(36-38(11-2,12-3)13-4)29(27)21-18-15-16-19-22-31(33)34/h15,19,24,28-30H,10-14,17-18,20-23,25-26H2,1-9H3,(H,33,34)/t16?,28?,29-,30?/m1/s1. The van der Waals surface area contributed by atoms with E-state index < -0.39 is 22.6 Å². The number of hydrogen-bond donors (Lipinski definition) is 1. The van der Waals surface area contributed by atoms with E-state index in [-0.39, 0.29) is 17.6 Å². The van der Waals surface area contributed by atoms with Crippen molar-refractivity contribution in [2.24, 2.45) is 5.92 Å². The molecular formula is C32H60O4Si2. The maximum Gasteiger partial charge on any atom is 0.307 e. The van der Waals surface area contributed by atoms with Crippen LogP contribution in [-0.4, -0.2) is 39.9 Å². The zero-order valence-corrected chi connectivity index (χ0v) is 28.3. The third-order valence-electron chi connectivity index (χ3n) is 9.16. The fourth-order valence-corrected chi connectivity index (χ4v) is 9.64. The SMILES string of the molecule is CCCCCC(CCC1=CCC(O[Si](CC)(CC)CC)[C@@H]1CCC=C=CCC(=O)O)O[Si](C)(C)C(C)(C)C. The molecule has 0 saturated carbocycles. The molecule has 220 valence electrons. The van der Waals surface area contributed by atoms with Crippen LogP contribution in [0.4, 0.5) is 0 Å². The first-order chi connectivity index (χ1) is 17.8. The molecule has 1 aliphatic rings. The van der Waals surface area contributed by atoms with Gasteiger partial charge in [-0.2, -0.15) is 0 Å². The van der Waals surface area contributed by atoms with Crippen molar-refractivity contribution < 1.29 is 18.8 Å². The minimum Gasteiger partial charge on any atom is -0.481 e. The predicted octanol–water partition coefficient (Wildman–Crippen LogP) is 10.0. The number of hydrogen-bond acceptors (Lipinski definition) is 3. The van der Waals surface area contributed by atoms with E-state index in [4.69, 9.17) is 14.0 Å². The fourth-order valence-electron chi connectivity index (χ4n) is 5.31. The molecule has 0 bridgehead atoms. The maximum atomic E-state index is 10.8. The van der Waals surface area contributed by atoms with Gasteiger partial charge in [-0.25, -0.2) is 0 Å². The highest BCUT2D eigenvalue weighted by molar-refractivity contribution is 6.74. The van der Waals surface area contributed by atoms with Crippen LogP contribution in [0.1, 0.15) is 113 Å². The molecule has 0 amide bonds. The second-order valence-corrected chi connectivity index (χ2v) is 22.3. The van der Waals surface area contributed by atoms with Crippen LogP contribution in [0.15, 0.2) is 29.5 Å². The normalized spacial score (nSPS) is 19.1. The summed E-state index contributed by atoms with van der Waals surface area (Å²) in [6.07, 6.45) is 16.8. The summed E-state index contributed by atoms with van der Waals surface area (Å²) >= 11 is 0. The molecule has 2 unspecified atom stereocenters. The Morgan fingerprint density at radius 1 is 1.11 bits per heavy atom. The summed E-state index contributed by atoms with van der Waals surface area (Å²) in [6.45, 7) is 21.0. The molecule has 0 aliphatic heterocycles. The molecule has 1 aliphatic carbocycles. The number of carboxylic acid groups (broad SMARTS) is 1. The van der Waals surface area contributed by atoms with Crippen LogP contribution in [0.2, 0.25) is 36.3 Å². The Bertz CT molecular complexity index is 778. The number of carboxylic acids is 1. The number of rotatable bonds is 19. The van der Waals surface area contributed by atoms with Gasteiger partial charge in [-0.05, 0) is 86.9 Å². The van der Waals surface area contributed by atoms with Crippen LogP contribution >= 0.6 is 0 Å². The van der Waals surface area contributed by atoms with Gasteiger partial charge in [-0.1, -0.05) is 79.4 Å². The molecule has 0 aromatic carbocycles. The molecular weight excluding hydrogens is 505 g/mol. The van der Waals surface area contributed by atoms with E-state index in [1.54, 1.807) is 11.6 Å². The first kappa shape index (κ1) is 35.1. The molecule has 0 aromatic heterocycles. The fraction of sp³-hybridized carbons (Fsp3) is 0.812. The van der Waals surface area contributed by atoms with Gasteiger partial charge in [0.25, 0.3) is 0 Å². The average Bonchev–Trinajstić information content (AvgIpc) is 3.23.